The van der Waals surface area contributed by atoms with E-state index in [0.29, 0.717) is 12.8 Å². The van der Waals surface area contributed by atoms with Gasteiger partial charge >= 0.3 is 5.97 Å². The quantitative estimate of drug-likeness (QED) is 0.0756. The summed E-state index contributed by atoms with van der Waals surface area (Å²) in [7, 11) is 0. The lowest BCUT2D eigenvalue weighted by Gasteiger charge is -2.28. The summed E-state index contributed by atoms with van der Waals surface area (Å²) in [5, 5.41) is 26.8. The number of phenolic OH excluding ortho intramolecular Hbond substituents is 1. The van der Waals surface area contributed by atoms with Gasteiger partial charge in [0.1, 0.15) is 23.9 Å². The molecule has 39 heavy (non-hydrogen) atoms. The maximum absolute atomic E-state index is 13.3. The van der Waals surface area contributed by atoms with Crippen LogP contribution < -0.4 is 33.2 Å². The SMILES string of the molecule is CCC(C)C(NC(=O)C(N)Cc1ccc(O)cc1)C(=O)NC(CCCN=C(N)N)C(=O)NC(C(=O)O)C(C)C. The van der Waals surface area contributed by atoms with Gasteiger partial charge in [0.05, 0.1) is 6.04 Å². The van der Waals surface area contributed by atoms with Gasteiger partial charge in [0.2, 0.25) is 17.7 Å². The Balaban J connectivity index is 3.04. The van der Waals surface area contributed by atoms with E-state index in [-0.39, 0.29) is 37.0 Å². The zero-order chi connectivity index (χ0) is 29.7. The second-order valence-corrected chi connectivity index (χ2v) is 9.93. The van der Waals surface area contributed by atoms with Crippen LogP contribution in [0.4, 0.5) is 0 Å². The van der Waals surface area contributed by atoms with Crippen molar-refractivity contribution in [3.05, 3.63) is 29.8 Å². The molecule has 0 aliphatic rings. The first-order chi connectivity index (χ1) is 18.3. The Morgan fingerprint density at radius 3 is 2.03 bits per heavy atom. The van der Waals surface area contributed by atoms with Crippen LogP contribution >= 0.6 is 0 Å². The van der Waals surface area contributed by atoms with Crippen molar-refractivity contribution in [2.24, 2.45) is 34.0 Å². The number of nitrogens with zero attached hydrogens (tertiary/aromatic N) is 1. The molecule has 0 saturated heterocycles. The van der Waals surface area contributed by atoms with Gasteiger partial charge in [0, 0.05) is 6.54 Å². The van der Waals surface area contributed by atoms with Crippen molar-refractivity contribution < 1.29 is 29.4 Å². The minimum Gasteiger partial charge on any atom is -0.508 e. The number of hydrogen-bond acceptors (Lipinski definition) is 7. The molecule has 5 unspecified atom stereocenters. The molecule has 0 bridgehead atoms. The molecule has 0 aliphatic heterocycles. The fraction of sp³-hybridized carbons (Fsp3) is 0.577. The van der Waals surface area contributed by atoms with E-state index < -0.39 is 53.8 Å². The first-order valence-corrected chi connectivity index (χ1v) is 13.0. The van der Waals surface area contributed by atoms with E-state index in [1.807, 2.05) is 6.92 Å². The van der Waals surface area contributed by atoms with E-state index >= 15 is 0 Å². The average Bonchev–Trinajstić information content (AvgIpc) is 2.87. The number of rotatable bonds is 16. The smallest absolute Gasteiger partial charge is 0.326 e. The lowest BCUT2D eigenvalue weighted by Crippen LogP contribution is -2.59. The molecule has 1 aromatic carbocycles. The Morgan fingerprint density at radius 1 is 0.923 bits per heavy atom. The molecule has 0 spiro atoms. The van der Waals surface area contributed by atoms with Crippen LogP contribution in [0.15, 0.2) is 29.3 Å². The molecule has 0 fully saturated rings. The Labute approximate surface area is 229 Å². The number of carbonyl (C=O) groups excluding carboxylic acids is 3. The van der Waals surface area contributed by atoms with E-state index in [9.17, 15) is 29.4 Å². The molecule has 1 aromatic rings. The third-order valence-electron chi connectivity index (χ3n) is 6.33. The Morgan fingerprint density at radius 2 is 1.51 bits per heavy atom. The monoisotopic (exact) mass is 549 g/mol. The van der Waals surface area contributed by atoms with E-state index in [4.69, 9.17) is 17.2 Å². The summed E-state index contributed by atoms with van der Waals surface area (Å²) in [5.74, 6) is -3.76. The Bertz CT molecular complexity index is 995. The molecule has 0 saturated carbocycles. The largest absolute Gasteiger partial charge is 0.508 e. The average molecular weight is 550 g/mol. The number of nitrogens with two attached hydrogens (primary N) is 3. The highest BCUT2D eigenvalue weighted by Gasteiger charge is 2.33. The van der Waals surface area contributed by atoms with Crippen LogP contribution in [-0.2, 0) is 25.6 Å². The second kappa shape index (κ2) is 16.2. The summed E-state index contributed by atoms with van der Waals surface area (Å²) in [4.78, 5) is 54.8. The molecule has 13 heteroatoms. The van der Waals surface area contributed by atoms with Gasteiger partial charge in [-0.05, 0) is 48.8 Å². The number of amides is 3. The fourth-order valence-electron chi connectivity index (χ4n) is 3.74. The zero-order valence-electron chi connectivity index (χ0n) is 23.0. The number of guanidine groups is 1. The van der Waals surface area contributed by atoms with Crippen molar-refractivity contribution >= 4 is 29.7 Å². The summed E-state index contributed by atoms with van der Waals surface area (Å²) in [6.07, 6.45) is 1.18. The number of aromatic hydroxyl groups is 1. The number of hydrogen-bond donors (Lipinski definition) is 8. The normalized spacial score (nSPS) is 14.8. The number of benzene rings is 1. The van der Waals surface area contributed by atoms with Crippen molar-refractivity contribution in [2.45, 2.75) is 77.5 Å². The van der Waals surface area contributed by atoms with Gasteiger partial charge in [-0.2, -0.15) is 0 Å². The molecule has 0 heterocycles. The Hall–Kier alpha value is -3.87. The van der Waals surface area contributed by atoms with E-state index in [1.54, 1.807) is 32.9 Å². The summed E-state index contributed by atoms with van der Waals surface area (Å²) in [5.41, 5.74) is 17.5. The molecule has 1 rings (SSSR count). The van der Waals surface area contributed by atoms with Crippen molar-refractivity contribution in [1.29, 1.82) is 0 Å². The first kappa shape index (κ1) is 33.2. The van der Waals surface area contributed by atoms with Crippen LogP contribution in [0.2, 0.25) is 0 Å². The molecular weight excluding hydrogens is 506 g/mol. The molecular formula is C26H43N7O6. The summed E-state index contributed by atoms with van der Waals surface area (Å²) < 4.78 is 0. The minimum atomic E-state index is -1.20. The van der Waals surface area contributed by atoms with E-state index in [1.165, 1.54) is 12.1 Å². The topological polar surface area (TPSA) is 235 Å². The number of carboxylic acids is 1. The van der Waals surface area contributed by atoms with E-state index in [0.717, 1.165) is 5.56 Å². The highest BCUT2D eigenvalue weighted by molar-refractivity contribution is 5.94. The first-order valence-electron chi connectivity index (χ1n) is 13.0. The lowest BCUT2D eigenvalue weighted by molar-refractivity contribution is -0.143. The number of carboxylic acid groups (broad SMARTS) is 1. The maximum Gasteiger partial charge on any atom is 0.326 e. The summed E-state index contributed by atoms with van der Waals surface area (Å²) in [6, 6.07) is 2.06. The second-order valence-electron chi connectivity index (χ2n) is 9.93. The highest BCUT2D eigenvalue weighted by Crippen LogP contribution is 2.13. The number of aliphatic carboxylic acids is 1. The van der Waals surface area contributed by atoms with Crippen molar-refractivity contribution in [1.82, 2.24) is 16.0 Å². The molecule has 5 atom stereocenters. The van der Waals surface area contributed by atoms with E-state index in [2.05, 4.69) is 20.9 Å². The van der Waals surface area contributed by atoms with Gasteiger partial charge < -0.3 is 43.4 Å². The minimum absolute atomic E-state index is 0.0882. The highest BCUT2D eigenvalue weighted by atomic mass is 16.4. The third kappa shape index (κ3) is 11.6. The standard InChI is InChI=1S/C26H43N7O6/c1-5-15(4)21(33-22(35)18(27)13-16-8-10-17(34)11-9-16)24(37)31-19(7-6-12-30-26(28)29)23(36)32-20(14(2)3)25(38)39/h8-11,14-15,18-21,34H,5-7,12-13,27H2,1-4H3,(H,31,37)(H,32,36)(H,33,35)(H,38,39)(H4,28,29,30). The van der Waals surface area contributed by atoms with Gasteiger partial charge in [-0.25, -0.2) is 4.79 Å². The number of carbonyl (C=O) groups is 4. The predicted octanol–water partition coefficient (Wildman–Crippen LogP) is -0.443. The molecule has 218 valence electrons. The number of aliphatic imine (C=N–C) groups is 1. The van der Waals surface area contributed by atoms with Gasteiger partial charge in [0.15, 0.2) is 5.96 Å². The summed E-state index contributed by atoms with van der Waals surface area (Å²) >= 11 is 0. The maximum atomic E-state index is 13.3. The van der Waals surface area contributed by atoms with Gasteiger partial charge in [-0.1, -0.05) is 46.2 Å². The Kier molecular flexibility index (Phi) is 13.7. The molecule has 0 aliphatic carbocycles. The molecule has 0 radical (unpaired) electrons. The number of phenols is 1. The summed E-state index contributed by atoms with van der Waals surface area (Å²) in [6.45, 7) is 7.14. The van der Waals surface area contributed by atoms with Crippen molar-refractivity contribution in [3.8, 4) is 5.75 Å². The molecule has 3 amide bonds. The fourth-order valence-corrected chi connectivity index (χ4v) is 3.74. The number of nitrogens with one attached hydrogen (secondary N) is 3. The van der Waals surface area contributed by atoms with Crippen LogP contribution in [0.25, 0.3) is 0 Å². The predicted molar refractivity (Wildman–Crippen MR) is 147 cm³/mol. The van der Waals surface area contributed by atoms with Crippen LogP contribution in [-0.4, -0.2) is 70.6 Å². The van der Waals surface area contributed by atoms with Crippen LogP contribution in [0.5, 0.6) is 5.75 Å². The van der Waals surface area contributed by atoms with Crippen molar-refractivity contribution in [3.63, 3.8) is 0 Å². The zero-order valence-corrected chi connectivity index (χ0v) is 23.0. The van der Waals surface area contributed by atoms with Crippen molar-refractivity contribution in [2.75, 3.05) is 6.54 Å². The van der Waals surface area contributed by atoms with Gasteiger partial charge in [-0.3, -0.25) is 19.4 Å². The molecule has 11 N–H and O–H groups in total. The van der Waals surface area contributed by atoms with Crippen LogP contribution in [0.3, 0.4) is 0 Å². The van der Waals surface area contributed by atoms with Crippen LogP contribution in [0.1, 0.15) is 52.5 Å². The lowest BCUT2D eigenvalue weighted by atomic mass is 9.96. The van der Waals surface area contributed by atoms with Crippen LogP contribution in [0, 0.1) is 11.8 Å². The molecule has 0 aromatic heterocycles. The van der Waals surface area contributed by atoms with Gasteiger partial charge in [0.25, 0.3) is 0 Å². The van der Waals surface area contributed by atoms with Gasteiger partial charge in [-0.15, -0.1) is 0 Å². The molecule has 13 nitrogen and oxygen atoms in total. The third-order valence-corrected chi connectivity index (χ3v) is 6.33.